The van der Waals surface area contributed by atoms with E-state index in [1.165, 1.54) is 37.0 Å². The number of para-hydroxylation sites is 1. The lowest BCUT2D eigenvalue weighted by molar-refractivity contribution is -0.137. The number of thioether (sulfide) groups is 1. The van der Waals surface area contributed by atoms with Gasteiger partial charge in [0.25, 0.3) is 6.71 Å². The number of benzene rings is 5. The molecule has 0 bridgehead atoms. The van der Waals surface area contributed by atoms with E-state index in [4.69, 9.17) is 0 Å². The molecule has 3 aliphatic rings. The lowest BCUT2D eigenvalue weighted by Gasteiger charge is -2.45. The second kappa shape index (κ2) is 11.3. The molecule has 5 aromatic rings. The maximum atomic E-state index is 14.3. The van der Waals surface area contributed by atoms with Gasteiger partial charge in [-0.05, 0) is 115 Å². The Morgan fingerprint density at radius 1 is 0.674 bits per heavy atom. The van der Waals surface area contributed by atoms with Gasteiger partial charge < -0.3 is 9.80 Å². The molecule has 0 atom stereocenters. The van der Waals surface area contributed by atoms with Crippen LogP contribution in [0.1, 0.15) is 54.7 Å². The Balaban J connectivity index is 1.47. The predicted octanol–water partition coefficient (Wildman–Crippen LogP) is 9.87. The number of hydrogen-bond donors (Lipinski definition) is 0. The lowest BCUT2D eigenvalue weighted by Crippen LogP contribution is -2.61. The number of fused-ring (bicyclic) bond motifs is 4. The quantitative estimate of drug-likeness (QED) is 0.141. The number of halogens is 3. The zero-order chi connectivity index (χ0) is 31.6. The Kier molecular flexibility index (Phi) is 7.21. The Morgan fingerprint density at radius 3 is 2.09 bits per heavy atom. The molecule has 0 unspecified atom stereocenters. The molecule has 0 N–H and O–H groups in total. The molecule has 2 aliphatic heterocycles. The van der Waals surface area contributed by atoms with Gasteiger partial charge in [-0.25, -0.2) is 0 Å². The van der Waals surface area contributed by atoms with Gasteiger partial charge in [0.1, 0.15) is 0 Å². The molecule has 1 saturated carbocycles. The van der Waals surface area contributed by atoms with E-state index in [0.29, 0.717) is 11.4 Å². The van der Waals surface area contributed by atoms with Crippen LogP contribution < -0.4 is 26.2 Å². The minimum Gasteiger partial charge on any atom is -0.311 e. The van der Waals surface area contributed by atoms with Crippen molar-refractivity contribution in [3.63, 3.8) is 0 Å². The highest BCUT2D eigenvalue weighted by atomic mass is 32.2. The molecule has 0 amide bonds. The van der Waals surface area contributed by atoms with E-state index < -0.39 is 11.7 Å². The minimum atomic E-state index is -4.45. The molecule has 0 spiro atoms. The number of alkyl halides is 3. The summed E-state index contributed by atoms with van der Waals surface area (Å²) in [5, 5.41) is 0. The summed E-state index contributed by atoms with van der Waals surface area (Å²) in [6.07, 6.45) is 3.63. The number of rotatable bonds is 4. The maximum absolute atomic E-state index is 14.3. The number of anilines is 6. The van der Waals surface area contributed by atoms with Crippen LogP contribution in [0.5, 0.6) is 0 Å². The van der Waals surface area contributed by atoms with Crippen LogP contribution in [0, 0.1) is 6.92 Å². The van der Waals surface area contributed by atoms with Crippen LogP contribution in [0.15, 0.2) is 108 Å². The second-order valence-corrected chi connectivity index (χ2v) is 13.7. The summed E-state index contributed by atoms with van der Waals surface area (Å²) in [4.78, 5) is 5.72. The van der Waals surface area contributed by atoms with Crippen LogP contribution in [0.4, 0.5) is 47.3 Å². The number of hydrogen-bond acceptors (Lipinski definition) is 3. The van der Waals surface area contributed by atoms with E-state index in [-0.39, 0.29) is 6.71 Å². The zero-order valence-corrected chi connectivity index (χ0v) is 26.8. The fourth-order valence-electron chi connectivity index (χ4n) is 7.82. The molecule has 8 rings (SSSR count). The van der Waals surface area contributed by atoms with Crippen molar-refractivity contribution in [3.05, 3.63) is 120 Å². The molecule has 46 heavy (non-hydrogen) atoms. The Morgan fingerprint density at radius 2 is 1.37 bits per heavy atom. The number of aryl methyl sites for hydroxylation is 1. The monoisotopic (exact) mass is 630 g/mol. The van der Waals surface area contributed by atoms with Crippen LogP contribution >= 0.6 is 11.8 Å². The molecule has 2 heterocycles. The molecular formula is C39H34BF3N2S. The van der Waals surface area contributed by atoms with Crippen LogP contribution in [0.25, 0.3) is 0 Å². The first kappa shape index (κ1) is 29.3. The van der Waals surface area contributed by atoms with Gasteiger partial charge in [0.2, 0.25) is 0 Å². The van der Waals surface area contributed by atoms with E-state index in [1.807, 2.05) is 12.1 Å². The van der Waals surface area contributed by atoms with Gasteiger partial charge in [-0.3, -0.25) is 0 Å². The van der Waals surface area contributed by atoms with Gasteiger partial charge in [0, 0.05) is 39.0 Å². The third-order valence-electron chi connectivity index (χ3n) is 10.0. The van der Waals surface area contributed by atoms with Gasteiger partial charge in [0.05, 0.1) is 5.56 Å². The van der Waals surface area contributed by atoms with Crippen LogP contribution in [-0.4, -0.2) is 13.0 Å². The normalized spacial score (nSPS) is 15.8. The molecule has 1 aliphatic carbocycles. The van der Waals surface area contributed by atoms with Crippen LogP contribution in [0.3, 0.4) is 0 Å². The summed E-state index contributed by atoms with van der Waals surface area (Å²) in [6, 6.07) is 34.2. The van der Waals surface area contributed by atoms with Gasteiger partial charge in [-0.1, -0.05) is 67.3 Å². The Bertz CT molecular complexity index is 1950. The van der Waals surface area contributed by atoms with Gasteiger partial charge >= 0.3 is 6.18 Å². The lowest BCUT2D eigenvalue weighted by atomic mass is 9.33. The predicted molar refractivity (Wildman–Crippen MR) is 188 cm³/mol. The van der Waals surface area contributed by atoms with Crippen molar-refractivity contribution >= 4 is 69.0 Å². The molecule has 0 aromatic heterocycles. The van der Waals surface area contributed by atoms with Gasteiger partial charge in [-0.15, -0.1) is 11.8 Å². The van der Waals surface area contributed by atoms with E-state index in [2.05, 4.69) is 95.8 Å². The van der Waals surface area contributed by atoms with Crippen molar-refractivity contribution in [1.29, 1.82) is 0 Å². The van der Waals surface area contributed by atoms with Crippen molar-refractivity contribution in [3.8, 4) is 0 Å². The fraction of sp³-hybridized carbons (Fsp3) is 0.231. The standard InChI is InChI=1S/C39H34BF3N2S/c1-25-15-18-29(19-16-25)44-35-20-17-28(39(41,42)43)23-33(35)40-32-13-6-7-14-34(32)45(30-11-8-12-31(24-30)46-2)37-22-27(21-36(44)38(37)40)26-9-4-3-5-10-26/h6-8,11-24,26H,3-5,9-10H2,1-2H3. The van der Waals surface area contributed by atoms with Crippen molar-refractivity contribution in [2.75, 3.05) is 16.1 Å². The van der Waals surface area contributed by atoms with E-state index in [0.717, 1.165) is 68.4 Å². The molecule has 2 nitrogen and oxygen atoms in total. The van der Waals surface area contributed by atoms with Crippen molar-refractivity contribution < 1.29 is 13.2 Å². The first-order chi connectivity index (χ1) is 22.3. The van der Waals surface area contributed by atoms with Gasteiger partial charge in [0.15, 0.2) is 0 Å². The Labute approximate surface area is 273 Å². The SMILES string of the molecule is CSc1cccc(N2c3ccccc3B3c4cc(C(F)(F)F)ccc4N(c4ccc(C)cc4)c4cc(C5CCCCC5)cc2c43)c1. The van der Waals surface area contributed by atoms with Crippen LogP contribution in [-0.2, 0) is 6.18 Å². The first-order valence-corrected chi connectivity index (χ1v) is 17.3. The Hall–Kier alpha value is -4.10. The van der Waals surface area contributed by atoms with Crippen molar-refractivity contribution in [1.82, 2.24) is 0 Å². The maximum Gasteiger partial charge on any atom is 0.416 e. The fourth-order valence-corrected chi connectivity index (χ4v) is 8.27. The number of nitrogens with zero attached hydrogens (tertiary/aromatic N) is 2. The molecule has 1 fully saturated rings. The first-order valence-electron chi connectivity index (χ1n) is 16.1. The highest BCUT2D eigenvalue weighted by Crippen LogP contribution is 2.47. The molecule has 5 aromatic carbocycles. The average Bonchev–Trinajstić information content (AvgIpc) is 3.08. The van der Waals surface area contributed by atoms with E-state index >= 15 is 0 Å². The van der Waals surface area contributed by atoms with Crippen LogP contribution in [0.2, 0.25) is 0 Å². The highest BCUT2D eigenvalue weighted by Gasteiger charge is 2.45. The molecule has 0 saturated heterocycles. The van der Waals surface area contributed by atoms with E-state index in [1.54, 1.807) is 17.8 Å². The summed E-state index contributed by atoms with van der Waals surface area (Å²) >= 11 is 1.71. The zero-order valence-electron chi connectivity index (χ0n) is 25.9. The van der Waals surface area contributed by atoms with Crippen molar-refractivity contribution in [2.45, 2.75) is 56.0 Å². The summed E-state index contributed by atoms with van der Waals surface area (Å²) in [7, 11) is 0. The molecule has 0 radical (unpaired) electrons. The smallest absolute Gasteiger partial charge is 0.311 e. The average molecular weight is 631 g/mol. The second-order valence-electron chi connectivity index (χ2n) is 12.8. The molecule has 230 valence electrons. The topological polar surface area (TPSA) is 6.48 Å². The summed E-state index contributed by atoms with van der Waals surface area (Å²) in [6.45, 7) is 1.71. The largest absolute Gasteiger partial charge is 0.416 e. The molecule has 7 heteroatoms. The molecular weight excluding hydrogens is 596 g/mol. The third-order valence-corrected chi connectivity index (χ3v) is 10.7. The summed E-state index contributed by atoms with van der Waals surface area (Å²) < 4.78 is 43.0. The summed E-state index contributed by atoms with van der Waals surface area (Å²) in [5.41, 5.74) is 10.5. The third kappa shape index (κ3) is 4.82. The van der Waals surface area contributed by atoms with Crippen molar-refractivity contribution in [2.24, 2.45) is 0 Å². The summed E-state index contributed by atoms with van der Waals surface area (Å²) in [5.74, 6) is 0.444. The highest BCUT2D eigenvalue weighted by molar-refractivity contribution is 7.98. The van der Waals surface area contributed by atoms with E-state index in [9.17, 15) is 13.2 Å². The van der Waals surface area contributed by atoms with Gasteiger partial charge in [-0.2, -0.15) is 13.2 Å². The minimum absolute atomic E-state index is 0.347.